The summed E-state index contributed by atoms with van der Waals surface area (Å²) in [6.07, 6.45) is 5.66. The molecule has 0 aromatic carbocycles. The van der Waals surface area contributed by atoms with Crippen LogP contribution in [0.25, 0.3) is 22.6 Å². The summed E-state index contributed by atoms with van der Waals surface area (Å²) in [4.78, 5) is 37.8. The number of hydrogen-bond donors (Lipinski definition) is 3. The van der Waals surface area contributed by atoms with E-state index in [-0.39, 0.29) is 18.1 Å². The van der Waals surface area contributed by atoms with Crippen LogP contribution in [0.2, 0.25) is 0 Å². The van der Waals surface area contributed by atoms with E-state index in [1.165, 1.54) is 12.3 Å². The second-order valence-electron chi connectivity index (χ2n) is 9.01. The van der Waals surface area contributed by atoms with Crippen molar-refractivity contribution in [2.75, 3.05) is 12.4 Å². The predicted octanol–water partition coefficient (Wildman–Crippen LogP) is 4.34. The molecule has 0 radical (unpaired) electrons. The van der Waals surface area contributed by atoms with Crippen molar-refractivity contribution in [1.29, 1.82) is 0 Å². The van der Waals surface area contributed by atoms with Gasteiger partial charge < -0.3 is 10.6 Å². The van der Waals surface area contributed by atoms with E-state index in [1.807, 2.05) is 0 Å². The monoisotopic (exact) mass is 554 g/mol. The van der Waals surface area contributed by atoms with Gasteiger partial charge in [-0.15, -0.1) is 0 Å². The number of nitrogens with one attached hydrogen (secondary N) is 3. The lowest BCUT2D eigenvalue weighted by atomic mass is 10.1. The van der Waals surface area contributed by atoms with E-state index in [0.29, 0.717) is 51.1 Å². The van der Waals surface area contributed by atoms with Gasteiger partial charge in [0.25, 0.3) is 5.91 Å². The molecule has 0 aliphatic carbocycles. The van der Waals surface area contributed by atoms with E-state index < -0.39 is 17.5 Å². The molecule has 206 valence electrons. The fourth-order valence-corrected chi connectivity index (χ4v) is 3.95. The Bertz CT molecular complexity index is 1750. The van der Waals surface area contributed by atoms with E-state index in [0.717, 1.165) is 12.3 Å². The lowest BCUT2D eigenvalue weighted by molar-refractivity contribution is 0.0941. The summed E-state index contributed by atoms with van der Waals surface area (Å²) in [5.74, 6) is -0.776. The number of carbonyl (C=O) groups excluding carboxylic acids is 1. The summed E-state index contributed by atoms with van der Waals surface area (Å²) in [5.41, 5.74) is 3.71. The molecule has 0 atom stereocenters. The maximum Gasteiger partial charge on any atom is 0.273 e. The molecule has 0 unspecified atom stereocenters. The Hall–Kier alpha value is -5.46. The normalized spacial score (nSPS) is 11.1. The van der Waals surface area contributed by atoms with Gasteiger partial charge in [0.2, 0.25) is 0 Å². The number of aromatic nitrogens is 7. The summed E-state index contributed by atoms with van der Waals surface area (Å²) in [5, 5.41) is 12.7. The highest BCUT2D eigenvalue weighted by Crippen LogP contribution is 2.22. The molecule has 0 aliphatic heterocycles. The average Bonchev–Trinajstić information content (AvgIpc) is 3.39. The molecule has 0 fully saturated rings. The van der Waals surface area contributed by atoms with Crippen LogP contribution >= 0.6 is 0 Å². The summed E-state index contributed by atoms with van der Waals surface area (Å²) in [6, 6.07) is 9.44. The van der Waals surface area contributed by atoms with Gasteiger partial charge in [0.1, 0.15) is 11.6 Å². The van der Waals surface area contributed by atoms with Crippen LogP contribution in [0.4, 0.5) is 20.4 Å². The minimum atomic E-state index is -0.821. The van der Waals surface area contributed by atoms with E-state index in [2.05, 4.69) is 50.7 Å². The summed E-state index contributed by atoms with van der Waals surface area (Å²) in [7, 11) is 1.65. The van der Waals surface area contributed by atoms with Crippen molar-refractivity contribution in [2.24, 2.45) is 4.99 Å². The van der Waals surface area contributed by atoms with Gasteiger partial charge in [-0.1, -0.05) is 6.07 Å². The number of aliphatic imine (C=N–C) groups is 1. The van der Waals surface area contributed by atoms with Crippen LogP contribution in [0.15, 0.2) is 60.0 Å². The molecule has 11 nitrogen and oxygen atoms in total. The summed E-state index contributed by atoms with van der Waals surface area (Å²) in [6.45, 7) is 3.63. The van der Waals surface area contributed by atoms with Crippen LogP contribution in [-0.4, -0.2) is 54.3 Å². The van der Waals surface area contributed by atoms with Crippen LogP contribution < -0.4 is 10.6 Å². The number of aromatic amines is 1. The van der Waals surface area contributed by atoms with Gasteiger partial charge in [-0.25, -0.2) is 23.7 Å². The number of carbonyl (C=O) groups is 1. The van der Waals surface area contributed by atoms with Crippen LogP contribution in [0.1, 0.15) is 33.1 Å². The molecule has 5 aromatic heterocycles. The summed E-state index contributed by atoms with van der Waals surface area (Å²) < 4.78 is 28.6. The van der Waals surface area contributed by atoms with Gasteiger partial charge in [-0.05, 0) is 37.6 Å². The van der Waals surface area contributed by atoms with Gasteiger partial charge in [-0.3, -0.25) is 24.9 Å². The zero-order valence-electron chi connectivity index (χ0n) is 22.3. The lowest BCUT2D eigenvalue weighted by Crippen LogP contribution is -2.25. The number of amides is 1. The zero-order valence-corrected chi connectivity index (χ0v) is 22.3. The van der Waals surface area contributed by atoms with E-state index in [4.69, 9.17) is 0 Å². The highest BCUT2D eigenvalue weighted by atomic mass is 19.1. The topological polar surface area (TPSA) is 147 Å². The number of hydrogen-bond acceptors (Lipinski definition) is 9. The molecular formula is C28H24F2N10O. The van der Waals surface area contributed by atoms with Crippen molar-refractivity contribution in [3.05, 3.63) is 95.0 Å². The SMILES string of the molecule is CN=Cc1cc(Nc2cc(C)nc(-c3cnc(C(=O)NCc4ccc(-c5cc(F)cnc5C)nc4)c(F)c3)n2)n[nH]1. The fraction of sp³-hybridized carbons (Fsp3) is 0.143. The highest BCUT2D eigenvalue weighted by molar-refractivity contribution is 5.92. The van der Waals surface area contributed by atoms with E-state index in [1.54, 1.807) is 57.6 Å². The number of pyridine rings is 3. The Morgan fingerprint density at radius 1 is 1.00 bits per heavy atom. The van der Waals surface area contributed by atoms with Crippen molar-refractivity contribution in [2.45, 2.75) is 20.4 Å². The van der Waals surface area contributed by atoms with Gasteiger partial charge in [0, 0.05) is 66.8 Å². The molecule has 5 rings (SSSR count). The third-order valence-electron chi connectivity index (χ3n) is 5.90. The van der Waals surface area contributed by atoms with Gasteiger partial charge in [0.15, 0.2) is 23.2 Å². The number of anilines is 2. The molecule has 1 amide bonds. The number of halogens is 2. The van der Waals surface area contributed by atoms with Crippen LogP contribution in [0, 0.1) is 25.5 Å². The van der Waals surface area contributed by atoms with Gasteiger partial charge in [0.05, 0.1) is 17.6 Å². The van der Waals surface area contributed by atoms with Crippen molar-refractivity contribution in [3.8, 4) is 22.6 Å². The third-order valence-corrected chi connectivity index (χ3v) is 5.90. The first-order chi connectivity index (χ1) is 19.8. The first-order valence-corrected chi connectivity index (χ1v) is 12.4. The molecule has 3 N–H and O–H groups in total. The molecule has 13 heteroatoms. The second kappa shape index (κ2) is 11.7. The minimum Gasteiger partial charge on any atom is -0.346 e. The quantitative estimate of drug-likeness (QED) is 0.240. The molecule has 0 saturated carbocycles. The molecule has 5 heterocycles. The molecule has 0 bridgehead atoms. The fourth-order valence-electron chi connectivity index (χ4n) is 3.95. The smallest absolute Gasteiger partial charge is 0.273 e. The number of aryl methyl sites for hydroxylation is 2. The molecule has 5 aromatic rings. The Labute approximate surface area is 233 Å². The highest BCUT2D eigenvalue weighted by Gasteiger charge is 2.17. The molecular weight excluding hydrogens is 530 g/mol. The predicted molar refractivity (Wildman–Crippen MR) is 149 cm³/mol. The van der Waals surface area contributed by atoms with Crippen LogP contribution in [0.5, 0.6) is 0 Å². The van der Waals surface area contributed by atoms with Crippen molar-refractivity contribution < 1.29 is 13.6 Å². The van der Waals surface area contributed by atoms with Crippen LogP contribution in [-0.2, 0) is 6.54 Å². The third kappa shape index (κ3) is 6.41. The largest absolute Gasteiger partial charge is 0.346 e. The second-order valence-corrected chi connectivity index (χ2v) is 9.01. The van der Waals surface area contributed by atoms with Crippen molar-refractivity contribution in [1.82, 2.24) is 40.4 Å². The standard InChI is InChI=1S/C28H24F2N10O/c1-15-6-24(37-25-9-20(14-31-3)39-40-25)38-27(36-15)18-7-22(30)26(34-12-18)28(41)35-11-17-4-5-23(33-10-17)21-8-19(29)13-32-16(21)2/h4-10,12-14H,11H2,1-3H3,(H,35,41)(H2,36,37,38,39,40). The van der Waals surface area contributed by atoms with E-state index >= 15 is 0 Å². The Morgan fingerprint density at radius 3 is 2.61 bits per heavy atom. The average molecular weight is 555 g/mol. The Balaban J connectivity index is 1.26. The molecule has 0 saturated heterocycles. The number of H-pyrrole nitrogens is 1. The molecule has 0 spiro atoms. The first-order valence-electron chi connectivity index (χ1n) is 12.4. The van der Waals surface area contributed by atoms with E-state index in [9.17, 15) is 13.6 Å². The Morgan fingerprint density at radius 2 is 1.85 bits per heavy atom. The first kappa shape index (κ1) is 27.1. The number of rotatable bonds is 8. The molecule has 41 heavy (non-hydrogen) atoms. The zero-order chi connectivity index (χ0) is 28.9. The number of nitrogens with zero attached hydrogens (tertiary/aromatic N) is 7. The van der Waals surface area contributed by atoms with Gasteiger partial charge >= 0.3 is 0 Å². The molecule has 0 aliphatic rings. The maximum atomic E-state index is 15.0. The van der Waals surface area contributed by atoms with Crippen molar-refractivity contribution >= 4 is 23.8 Å². The summed E-state index contributed by atoms with van der Waals surface area (Å²) >= 11 is 0. The van der Waals surface area contributed by atoms with Gasteiger partial charge in [-0.2, -0.15) is 5.10 Å². The maximum absolute atomic E-state index is 15.0. The Kier molecular flexibility index (Phi) is 7.76. The minimum absolute atomic E-state index is 0.0877. The van der Waals surface area contributed by atoms with Crippen molar-refractivity contribution in [3.63, 3.8) is 0 Å². The lowest BCUT2D eigenvalue weighted by Gasteiger charge is -2.09. The van der Waals surface area contributed by atoms with Crippen LogP contribution in [0.3, 0.4) is 0 Å².